The molecule has 0 bridgehead atoms. The molecule has 2 aromatic heterocycles. The Kier molecular flexibility index (Phi) is 3.26. The Hall–Kier alpha value is -1.75. The number of nitrogens with zero attached hydrogens (tertiary/aromatic N) is 3. The fourth-order valence-corrected chi connectivity index (χ4v) is 1.52. The summed E-state index contributed by atoms with van der Waals surface area (Å²) in [4.78, 5) is 2.18. The van der Waals surface area contributed by atoms with E-state index in [0.29, 0.717) is 5.82 Å². The van der Waals surface area contributed by atoms with Crippen LogP contribution in [0.3, 0.4) is 0 Å². The van der Waals surface area contributed by atoms with Crippen LogP contribution in [-0.2, 0) is 13.1 Å². The summed E-state index contributed by atoms with van der Waals surface area (Å²) in [7, 11) is 2.05. The van der Waals surface area contributed by atoms with E-state index < -0.39 is 0 Å². The Bertz CT molecular complexity index is 421. The summed E-state index contributed by atoms with van der Waals surface area (Å²) in [5.41, 5.74) is 5.53. The first-order chi connectivity index (χ1) is 7.74. The minimum absolute atomic E-state index is 0.564. The standard InChI is InChI=1S/C11H16N4O/c1-14(9-10-3-2-8-16-10)6-7-15-5-4-11(12)13-15/h2-5,8H,6-7,9H2,1H3,(H2,12,13). The van der Waals surface area contributed by atoms with Gasteiger partial charge in [-0.1, -0.05) is 0 Å². The van der Waals surface area contributed by atoms with Gasteiger partial charge in [-0.3, -0.25) is 9.58 Å². The van der Waals surface area contributed by atoms with Gasteiger partial charge < -0.3 is 10.2 Å². The average molecular weight is 220 g/mol. The van der Waals surface area contributed by atoms with Gasteiger partial charge in [0.15, 0.2) is 0 Å². The number of anilines is 1. The van der Waals surface area contributed by atoms with E-state index in [-0.39, 0.29) is 0 Å². The molecule has 0 fully saturated rings. The molecule has 0 unspecified atom stereocenters. The van der Waals surface area contributed by atoms with E-state index in [0.717, 1.165) is 25.4 Å². The second-order valence-corrected chi connectivity index (χ2v) is 3.82. The number of hydrogen-bond donors (Lipinski definition) is 1. The smallest absolute Gasteiger partial charge is 0.145 e. The average Bonchev–Trinajstić information content (AvgIpc) is 2.87. The van der Waals surface area contributed by atoms with Gasteiger partial charge in [0.25, 0.3) is 0 Å². The van der Waals surface area contributed by atoms with Gasteiger partial charge in [-0.2, -0.15) is 5.10 Å². The first-order valence-corrected chi connectivity index (χ1v) is 5.24. The van der Waals surface area contributed by atoms with Crippen molar-refractivity contribution in [3.63, 3.8) is 0 Å². The quantitative estimate of drug-likeness (QED) is 0.822. The van der Waals surface area contributed by atoms with Gasteiger partial charge in [-0.25, -0.2) is 0 Å². The van der Waals surface area contributed by atoms with Crippen LogP contribution in [0.25, 0.3) is 0 Å². The van der Waals surface area contributed by atoms with E-state index >= 15 is 0 Å². The van der Waals surface area contributed by atoms with Crippen molar-refractivity contribution >= 4 is 5.82 Å². The van der Waals surface area contributed by atoms with Gasteiger partial charge in [-0.05, 0) is 25.2 Å². The number of likely N-dealkylation sites (N-methyl/N-ethyl adjacent to an activating group) is 1. The van der Waals surface area contributed by atoms with E-state index in [2.05, 4.69) is 17.0 Å². The lowest BCUT2D eigenvalue weighted by Gasteiger charge is -2.14. The molecule has 2 rings (SSSR count). The highest BCUT2D eigenvalue weighted by molar-refractivity contribution is 5.23. The first kappa shape index (κ1) is 10.8. The van der Waals surface area contributed by atoms with Crippen molar-refractivity contribution in [1.82, 2.24) is 14.7 Å². The summed E-state index contributed by atoms with van der Waals surface area (Å²) in [5, 5.41) is 4.12. The Morgan fingerprint density at radius 1 is 1.50 bits per heavy atom. The van der Waals surface area contributed by atoms with Gasteiger partial charge in [0.1, 0.15) is 11.6 Å². The summed E-state index contributed by atoms with van der Waals surface area (Å²) >= 11 is 0. The second kappa shape index (κ2) is 4.85. The zero-order valence-electron chi connectivity index (χ0n) is 9.34. The maximum absolute atomic E-state index is 5.53. The Morgan fingerprint density at radius 2 is 2.38 bits per heavy atom. The van der Waals surface area contributed by atoms with Crippen molar-refractivity contribution in [2.75, 3.05) is 19.3 Å². The van der Waals surface area contributed by atoms with Crippen LogP contribution >= 0.6 is 0 Å². The van der Waals surface area contributed by atoms with E-state index in [4.69, 9.17) is 10.2 Å². The molecule has 5 heteroatoms. The van der Waals surface area contributed by atoms with Crippen molar-refractivity contribution in [2.24, 2.45) is 0 Å². The third-order valence-corrected chi connectivity index (χ3v) is 2.38. The third kappa shape index (κ3) is 2.87. The zero-order chi connectivity index (χ0) is 11.4. The molecule has 2 heterocycles. The number of rotatable bonds is 5. The molecular formula is C11H16N4O. The lowest BCUT2D eigenvalue weighted by molar-refractivity contribution is 0.279. The monoisotopic (exact) mass is 220 g/mol. The van der Waals surface area contributed by atoms with Crippen LogP contribution in [0.2, 0.25) is 0 Å². The molecule has 0 amide bonds. The molecule has 0 aliphatic heterocycles. The molecule has 0 saturated heterocycles. The van der Waals surface area contributed by atoms with E-state index in [1.807, 2.05) is 23.0 Å². The highest BCUT2D eigenvalue weighted by atomic mass is 16.3. The van der Waals surface area contributed by atoms with Crippen LogP contribution in [0.5, 0.6) is 0 Å². The fraction of sp³-hybridized carbons (Fsp3) is 0.364. The molecule has 0 aliphatic rings. The maximum atomic E-state index is 5.53. The minimum atomic E-state index is 0.564. The highest BCUT2D eigenvalue weighted by Gasteiger charge is 2.03. The number of furan rings is 1. The summed E-state index contributed by atoms with van der Waals surface area (Å²) in [5.74, 6) is 1.54. The summed E-state index contributed by atoms with van der Waals surface area (Å²) < 4.78 is 7.12. The van der Waals surface area contributed by atoms with E-state index in [1.54, 1.807) is 12.3 Å². The highest BCUT2D eigenvalue weighted by Crippen LogP contribution is 2.04. The van der Waals surface area contributed by atoms with Crippen LogP contribution in [0, 0.1) is 0 Å². The lowest BCUT2D eigenvalue weighted by atomic mass is 10.4. The molecule has 0 radical (unpaired) electrons. The van der Waals surface area contributed by atoms with Crippen LogP contribution in [0.4, 0.5) is 5.82 Å². The van der Waals surface area contributed by atoms with Crippen molar-refractivity contribution in [3.8, 4) is 0 Å². The third-order valence-electron chi connectivity index (χ3n) is 2.38. The molecule has 0 aromatic carbocycles. The van der Waals surface area contributed by atoms with Gasteiger partial charge >= 0.3 is 0 Å². The molecule has 86 valence electrons. The van der Waals surface area contributed by atoms with Gasteiger partial charge in [0.2, 0.25) is 0 Å². The lowest BCUT2D eigenvalue weighted by Crippen LogP contribution is -2.22. The molecule has 0 spiro atoms. The first-order valence-electron chi connectivity index (χ1n) is 5.24. The second-order valence-electron chi connectivity index (χ2n) is 3.82. The van der Waals surface area contributed by atoms with Gasteiger partial charge in [0, 0.05) is 12.7 Å². The molecular weight excluding hydrogens is 204 g/mol. The van der Waals surface area contributed by atoms with Crippen molar-refractivity contribution in [1.29, 1.82) is 0 Å². The van der Waals surface area contributed by atoms with E-state index in [1.165, 1.54) is 0 Å². The molecule has 2 N–H and O–H groups in total. The fourth-order valence-electron chi connectivity index (χ4n) is 1.52. The predicted molar refractivity (Wildman–Crippen MR) is 61.7 cm³/mol. The van der Waals surface area contributed by atoms with Gasteiger partial charge in [0.05, 0.1) is 19.4 Å². The molecule has 2 aromatic rings. The number of aromatic nitrogens is 2. The number of nitrogens with two attached hydrogens (primary N) is 1. The van der Waals surface area contributed by atoms with E-state index in [9.17, 15) is 0 Å². The number of hydrogen-bond acceptors (Lipinski definition) is 4. The summed E-state index contributed by atoms with van der Waals surface area (Å²) in [6.07, 6.45) is 3.58. The number of nitrogen functional groups attached to an aromatic ring is 1. The zero-order valence-corrected chi connectivity index (χ0v) is 9.34. The normalized spacial score (nSPS) is 11.1. The largest absolute Gasteiger partial charge is 0.468 e. The molecule has 0 saturated carbocycles. The summed E-state index contributed by atoms with van der Waals surface area (Å²) in [6.45, 7) is 2.54. The SMILES string of the molecule is CN(CCn1ccc(N)n1)Cc1ccco1. The van der Waals surface area contributed by atoms with Crippen molar-refractivity contribution in [3.05, 3.63) is 36.4 Å². The Balaban J connectivity index is 1.77. The molecule has 5 nitrogen and oxygen atoms in total. The van der Waals surface area contributed by atoms with Crippen LogP contribution in [-0.4, -0.2) is 28.3 Å². The predicted octanol–water partition coefficient (Wildman–Crippen LogP) is 1.19. The van der Waals surface area contributed by atoms with Crippen molar-refractivity contribution in [2.45, 2.75) is 13.1 Å². The van der Waals surface area contributed by atoms with Crippen LogP contribution in [0.15, 0.2) is 35.1 Å². The van der Waals surface area contributed by atoms with Crippen LogP contribution < -0.4 is 5.73 Å². The minimum Gasteiger partial charge on any atom is -0.468 e. The topological polar surface area (TPSA) is 60.2 Å². The Morgan fingerprint density at radius 3 is 3.00 bits per heavy atom. The van der Waals surface area contributed by atoms with Crippen molar-refractivity contribution < 1.29 is 4.42 Å². The Labute approximate surface area is 94.4 Å². The molecule has 0 aliphatic carbocycles. The summed E-state index contributed by atoms with van der Waals surface area (Å²) in [6, 6.07) is 5.67. The molecule has 16 heavy (non-hydrogen) atoms. The van der Waals surface area contributed by atoms with Gasteiger partial charge in [-0.15, -0.1) is 0 Å². The van der Waals surface area contributed by atoms with Crippen LogP contribution in [0.1, 0.15) is 5.76 Å². The molecule has 0 atom stereocenters. The maximum Gasteiger partial charge on any atom is 0.145 e.